The molecule has 1 fully saturated rings. The Morgan fingerprint density at radius 2 is 1.61 bits per heavy atom. The highest BCUT2D eigenvalue weighted by molar-refractivity contribution is 5.87. The number of amides is 2. The summed E-state index contributed by atoms with van der Waals surface area (Å²) in [4.78, 5) is 22.6. The lowest BCUT2D eigenvalue weighted by Gasteiger charge is -2.26. The maximum Gasteiger partial charge on any atom is 0.335 e. The number of carboxylic acid groups (broad SMARTS) is 1. The molecule has 0 unspecified atom stereocenters. The molecule has 0 atom stereocenters. The minimum absolute atomic E-state index is 0.216. The van der Waals surface area contributed by atoms with Crippen LogP contribution >= 0.6 is 0 Å². The van der Waals surface area contributed by atoms with Gasteiger partial charge >= 0.3 is 12.0 Å². The first-order chi connectivity index (χ1) is 11.0. The lowest BCUT2D eigenvalue weighted by Crippen LogP contribution is -2.46. The predicted molar refractivity (Wildman–Crippen MR) is 86.3 cm³/mol. The van der Waals surface area contributed by atoms with Crippen molar-refractivity contribution in [2.45, 2.75) is 50.7 Å². The molecule has 0 spiro atoms. The number of carboxylic acids is 1. The van der Waals surface area contributed by atoms with Crippen LogP contribution in [-0.2, 0) is 6.54 Å². The van der Waals surface area contributed by atoms with Crippen LogP contribution in [0.3, 0.4) is 0 Å². The predicted octanol–water partition coefficient (Wildman–Crippen LogP) is 2.27. The molecule has 6 heteroatoms. The van der Waals surface area contributed by atoms with Crippen LogP contribution in [0.1, 0.15) is 54.4 Å². The number of aliphatic hydroxyl groups is 1. The van der Waals surface area contributed by atoms with Crippen molar-refractivity contribution in [2.75, 3.05) is 6.54 Å². The highest BCUT2D eigenvalue weighted by atomic mass is 16.4. The highest BCUT2D eigenvalue weighted by Crippen LogP contribution is 2.26. The van der Waals surface area contributed by atoms with Crippen LogP contribution in [0.15, 0.2) is 24.3 Å². The molecule has 1 aromatic rings. The Balaban J connectivity index is 1.75. The molecule has 0 bridgehead atoms. The van der Waals surface area contributed by atoms with Gasteiger partial charge in [0.05, 0.1) is 11.2 Å². The van der Waals surface area contributed by atoms with Gasteiger partial charge in [-0.15, -0.1) is 0 Å². The number of carbonyl (C=O) groups excluding carboxylic acids is 1. The van der Waals surface area contributed by atoms with E-state index in [9.17, 15) is 14.7 Å². The molecular formula is C17H24N2O4. The van der Waals surface area contributed by atoms with Crippen LogP contribution in [-0.4, -0.2) is 34.4 Å². The van der Waals surface area contributed by atoms with Crippen molar-refractivity contribution in [3.05, 3.63) is 35.4 Å². The van der Waals surface area contributed by atoms with Gasteiger partial charge in [0, 0.05) is 13.1 Å². The highest BCUT2D eigenvalue weighted by Gasteiger charge is 2.28. The second kappa shape index (κ2) is 7.97. The third-order valence-electron chi connectivity index (χ3n) is 4.27. The topological polar surface area (TPSA) is 98.7 Å². The van der Waals surface area contributed by atoms with Crippen molar-refractivity contribution >= 4 is 12.0 Å². The Labute approximate surface area is 135 Å². The molecule has 0 saturated heterocycles. The van der Waals surface area contributed by atoms with Crippen LogP contribution < -0.4 is 10.6 Å². The zero-order chi connectivity index (χ0) is 16.7. The third kappa shape index (κ3) is 5.56. The van der Waals surface area contributed by atoms with Crippen molar-refractivity contribution in [2.24, 2.45) is 0 Å². The van der Waals surface area contributed by atoms with Gasteiger partial charge in [-0.1, -0.05) is 37.8 Å². The molecule has 1 aromatic carbocycles. The molecule has 2 amide bonds. The summed E-state index contributed by atoms with van der Waals surface area (Å²) in [6.07, 6.45) is 5.72. The Morgan fingerprint density at radius 3 is 2.17 bits per heavy atom. The zero-order valence-electron chi connectivity index (χ0n) is 13.2. The summed E-state index contributed by atoms with van der Waals surface area (Å²) in [5.41, 5.74) is 0.240. The molecular weight excluding hydrogens is 296 g/mol. The third-order valence-corrected chi connectivity index (χ3v) is 4.27. The van der Waals surface area contributed by atoms with Crippen molar-refractivity contribution in [3.8, 4) is 0 Å². The van der Waals surface area contributed by atoms with Crippen molar-refractivity contribution in [1.29, 1.82) is 0 Å². The molecule has 0 aromatic heterocycles. The van der Waals surface area contributed by atoms with E-state index in [2.05, 4.69) is 10.6 Å². The summed E-state index contributed by atoms with van der Waals surface area (Å²) >= 11 is 0. The first-order valence-electron chi connectivity index (χ1n) is 8.05. The summed E-state index contributed by atoms with van der Waals surface area (Å²) in [6.45, 7) is 0.570. The normalized spacial score (nSPS) is 17.1. The van der Waals surface area contributed by atoms with Gasteiger partial charge in [0.1, 0.15) is 0 Å². The quantitative estimate of drug-likeness (QED) is 0.625. The lowest BCUT2D eigenvalue weighted by atomic mass is 9.95. The minimum Gasteiger partial charge on any atom is -0.478 e. The van der Waals surface area contributed by atoms with Gasteiger partial charge in [-0.2, -0.15) is 0 Å². The van der Waals surface area contributed by atoms with Gasteiger partial charge in [0.25, 0.3) is 0 Å². The molecule has 1 aliphatic rings. The zero-order valence-corrected chi connectivity index (χ0v) is 13.2. The number of benzene rings is 1. The molecule has 23 heavy (non-hydrogen) atoms. The second-order valence-electron chi connectivity index (χ2n) is 6.18. The average molecular weight is 320 g/mol. The smallest absolute Gasteiger partial charge is 0.335 e. The Bertz CT molecular complexity index is 534. The summed E-state index contributed by atoms with van der Waals surface area (Å²) in [5, 5.41) is 24.7. The van der Waals surface area contributed by atoms with E-state index in [1.165, 1.54) is 12.1 Å². The van der Waals surface area contributed by atoms with Crippen molar-refractivity contribution in [1.82, 2.24) is 10.6 Å². The number of hydrogen-bond acceptors (Lipinski definition) is 3. The largest absolute Gasteiger partial charge is 0.478 e. The fraction of sp³-hybridized carbons (Fsp3) is 0.529. The van der Waals surface area contributed by atoms with Crippen LogP contribution in [0.25, 0.3) is 0 Å². The molecule has 126 valence electrons. The molecule has 1 saturated carbocycles. The van der Waals surface area contributed by atoms with E-state index >= 15 is 0 Å². The number of carbonyl (C=O) groups is 2. The number of aromatic carboxylic acids is 1. The van der Waals surface area contributed by atoms with Gasteiger partial charge in [-0.05, 0) is 30.5 Å². The summed E-state index contributed by atoms with van der Waals surface area (Å²) < 4.78 is 0. The molecule has 4 N–H and O–H groups in total. The van der Waals surface area contributed by atoms with Gasteiger partial charge in [0.15, 0.2) is 0 Å². The Hall–Kier alpha value is -2.08. The first-order valence-corrected chi connectivity index (χ1v) is 8.05. The summed E-state index contributed by atoms with van der Waals surface area (Å²) in [5.74, 6) is -0.973. The van der Waals surface area contributed by atoms with E-state index in [-0.39, 0.29) is 18.1 Å². The van der Waals surface area contributed by atoms with Gasteiger partial charge in [0.2, 0.25) is 0 Å². The number of urea groups is 1. The van der Waals surface area contributed by atoms with E-state index in [1.807, 2.05) is 0 Å². The fourth-order valence-corrected chi connectivity index (χ4v) is 2.82. The number of nitrogens with one attached hydrogen (secondary N) is 2. The number of hydrogen-bond donors (Lipinski definition) is 4. The summed E-state index contributed by atoms with van der Waals surface area (Å²) in [6, 6.07) is 6.02. The average Bonchev–Trinajstić information content (AvgIpc) is 2.76. The molecule has 0 aliphatic heterocycles. The fourth-order valence-electron chi connectivity index (χ4n) is 2.82. The van der Waals surface area contributed by atoms with E-state index in [0.717, 1.165) is 44.1 Å². The van der Waals surface area contributed by atoms with Crippen molar-refractivity contribution in [3.63, 3.8) is 0 Å². The maximum absolute atomic E-state index is 11.8. The standard InChI is InChI=1S/C17H24N2O4/c20-15(21)14-7-5-13(6-8-14)11-18-16(22)19-12-17(23)9-3-1-2-4-10-17/h5-8,23H,1-4,9-12H2,(H,20,21)(H2,18,19,22). The molecule has 0 radical (unpaired) electrons. The monoisotopic (exact) mass is 320 g/mol. The molecule has 1 aliphatic carbocycles. The van der Waals surface area contributed by atoms with E-state index in [4.69, 9.17) is 5.11 Å². The van der Waals surface area contributed by atoms with Gasteiger partial charge in [-0.3, -0.25) is 0 Å². The SMILES string of the molecule is O=C(NCc1ccc(C(=O)O)cc1)NCC1(O)CCCCCC1. The molecule has 6 nitrogen and oxygen atoms in total. The van der Waals surface area contributed by atoms with Crippen LogP contribution in [0, 0.1) is 0 Å². The van der Waals surface area contributed by atoms with Crippen LogP contribution in [0.5, 0.6) is 0 Å². The van der Waals surface area contributed by atoms with Crippen molar-refractivity contribution < 1.29 is 19.8 Å². The first kappa shape index (κ1) is 17.3. The lowest BCUT2D eigenvalue weighted by molar-refractivity contribution is 0.0276. The van der Waals surface area contributed by atoms with E-state index < -0.39 is 11.6 Å². The summed E-state index contributed by atoms with van der Waals surface area (Å²) in [7, 11) is 0. The Kier molecular flexibility index (Phi) is 5.98. The molecule has 2 rings (SSSR count). The van der Waals surface area contributed by atoms with E-state index in [0.29, 0.717) is 6.54 Å². The Morgan fingerprint density at radius 1 is 1.00 bits per heavy atom. The van der Waals surface area contributed by atoms with Crippen LogP contribution in [0.2, 0.25) is 0 Å². The van der Waals surface area contributed by atoms with Crippen LogP contribution in [0.4, 0.5) is 4.79 Å². The van der Waals surface area contributed by atoms with E-state index in [1.54, 1.807) is 12.1 Å². The van der Waals surface area contributed by atoms with Gasteiger partial charge < -0.3 is 20.8 Å². The maximum atomic E-state index is 11.8. The molecule has 0 heterocycles. The number of rotatable bonds is 5. The van der Waals surface area contributed by atoms with Gasteiger partial charge in [-0.25, -0.2) is 9.59 Å². The second-order valence-corrected chi connectivity index (χ2v) is 6.18. The minimum atomic E-state index is -0.973.